The van der Waals surface area contributed by atoms with Crippen molar-refractivity contribution in [3.05, 3.63) is 0 Å². The van der Waals surface area contributed by atoms with Gasteiger partial charge in [0.1, 0.15) is 0 Å². The van der Waals surface area contributed by atoms with Crippen LogP contribution in [-0.4, -0.2) is 47.4 Å². The second-order valence-electron chi connectivity index (χ2n) is 4.09. The molecule has 0 aromatic carbocycles. The van der Waals surface area contributed by atoms with Gasteiger partial charge in [-0.25, -0.2) is 4.79 Å². The first-order valence-electron chi connectivity index (χ1n) is 5.44. The largest absolute Gasteiger partial charge is 0.322 e. The van der Waals surface area contributed by atoms with E-state index in [1.807, 2.05) is 9.80 Å². The maximum Gasteiger partial charge on any atom is 0.320 e. The van der Waals surface area contributed by atoms with Crippen molar-refractivity contribution in [2.24, 2.45) is 0 Å². The van der Waals surface area contributed by atoms with Gasteiger partial charge in [0.15, 0.2) is 0 Å². The summed E-state index contributed by atoms with van der Waals surface area (Å²) in [6, 6.07) is 0.723. The first-order valence-corrected chi connectivity index (χ1v) is 5.98. The summed E-state index contributed by atoms with van der Waals surface area (Å²) in [6.45, 7) is 2.46. The van der Waals surface area contributed by atoms with Crippen molar-refractivity contribution in [3.63, 3.8) is 0 Å². The number of alkyl halides is 1. The Morgan fingerprint density at radius 3 is 2.64 bits per heavy atom. The minimum absolute atomic E-state index is 0.206. The molecule has 0 spiro atoms. The van der Waals surface area contributed by atoms with Crippen molar-refractivity contribution in [1.82, 2.24) is 9.80 Å². The normalized spacial score (nSPS) is 23.9. The van der Waals surface area contributed by atoms with Crippen LogP contribution in [0.15, 0.2) is 0 Å². The fourth-order valence-corrected chi connectivity index (χ4v) is 2.67. The lowest BCUT2D eigenvalue weighted by Crippen LogP contribution is -2.38. The summed E-state index contributed by atoms with van der Waals surface area (Å²) in [6.07, 6.45) is 4.95. The van der Waals surface area contributed by atoms with Gasteiger partial charge in [-0.3, -0.25) is 0 Å². The number of carbonyl (C=O) groups is 1. The minimum atomic E-state index is 0.206. The summed E-state index contributed by atoms with van der Waals surface area (Å²) in [5, 5.41) is 0. The fourth-order valence-electron chi connectivity index (χ4n) is 2.47. The van der Waals surface area contributed by atoms with E-state index in [2.05, 4.69) is 0 Å². The summed E-state index contributed by atoms with van der Waals surface area (Å²) in [7, 11) is 0. The van der Waals surface area contributed by atoms with Crippen LogP contribution in [0.4, 0.5) is 4.79 Å². The molecular formula is C10H17ClN2O. The molecule has 1 aliphatic carbocycles. The molecule has 2 fully saturated rings. The van der Waals surface area contributed by atoms with Crippen LogP contribution in [0.5, 0.6) is 0 Å². The van der Waals surface area contributed by atoms with E-state index in [0.29, 0.717) is 18.5 Å². The van der Waals surface area contributed by atoms with E-state index in [1.165, 1.54) is 25.7 Å². The second kappa shape index (κ2) is 4.39. The van der Waals surface area contributed by atoms with Gasteiger partial charge in [0.05, 0.1) is 0 Å². The van der Waals surface area contributed by atoms with E-state index in [4.69, 9.17) is 11.6 Å². The van der Waals surface area contributed by atoms with Gasteiger partial charge < -0.3 is 9.80 Å². The maximum atomic E-state index is 11.9. The molecule has 2 amide bonds. The van der Waals surface area contributed by atoms with Gasteiger partial charge in [-0.2, -0.15) is 0 Å². The lowest BCUT2D eigenvalue weighted by Gasteiger charge is -2.23. The average molecular weight is 217 g/mol. The number of hydrogen-bond donors (Lipinski definition) is 0. The number of hydrogen-bond acceptors (Lipinski definition) is 1. The number of halogens is 1. The van der Waals surface area contributed by atoms with E-state index < -0.39 is 0 Å². The molecule has 0 bridgehead atoms. The lowest BCUT2D eigenvalue weighted by molar-refractivity contribution is 0.179. The summed E-state index contributed by atoms with van der Waals surface area (Å²) in [5.74, 6) is 0.546. The molecule has 0 aromatic heterocycles. The average Bonchev–Trinajstić information content (AvgIpc) is 2.77. The molecule has 1 aliphatic heterocycles. The molecule has 0 radical (unpaired) electrons. The first kappa shape index (κ1) is 10.1. The second-order valence-corrected chi connectivity index (χ2v) is 4.47. The standard InChI is InChI=1S/C10H17ClN2O/c11-5-6-12-7-8-13(10(12)14)9-3-1-2-4-9/h9H,1-8H2. The van der Waals surface area contributed by atoms with E-state index in [1.54, 1.807) is 0 Å². The number of carbonyl (C=O) groups excluding carboxylic acids is 1. The highest BCUT2D eigenvalue weighted by Gasteiger charge is 2.34. The number of nitrogens with zero attached hydrogens (tertiary/aromatic N) is 2. The van der Waals surface area contributed by atoms with E-state index >= 15 is 0 Å². The van der Waals surface area contributed by atoms with Crippen molar-refractivity contribution < 1.29 is 4.79 Å². The SMILES string of the molecule is O=C1N(CCCl)CCN1C1CCCC1. The van der Waals surface area contributed by atoms with Crippen molar-refractivity contribution in [2.45, 2.75) is 31.7 Å². The van der Waals surface area contributed by atoms with Crippen LogP contribution in [0.1, 0.15) is 25.7 Å². The van der Waals surface area contributed by atoms with Crippen LogP contribution in [0.2, 0.25) is 0 Å². The highest BCUT2D eigenvalue weighted by Crippen LogP contribution is 2.26. The molecule has 1 saturated heterocycles. The highest BCUT2D eigenvalue weighted by molar-refractivity contribution is 6.18. The third-order valence-electron chi connectivity index (χ3n) is 3.25. The Hall–Kier alpha value is -0.440. The zero-order valence-corrected chi connectivity index (χ0v) is 9.17. The number of urea groups is 1. The summed E-state index contributed by atoms with van der Waals surface area (Å²) in [5.41, 5.74) is 0. The molecule has 3 nitrogen and oxygen atoms in total. The Bertz CT molecular complexity index is 216. The first-order chi connectivity index (χ1) is 6.83. The predicted molar refractivity (Wildman–Crippen MR) is 56.7 cm³/mol. The Morgan fingerprint density at radius 1 is 1.29 bits per heavy atom. The van der Waals surface area contributed by atoms with Crippen LogP contribution >= 0.6 is 11.6 Å². The van der Waals surface area contributed by atoms with Gasteiger partial charge in [-0.15, -0.1) is 11.6 Å². The molecule has 2 aliphatic rings. The van der Waals surface area contributed by atoms with Crippen LogP contribution in [0, 0.1) is 0 Å². The van der Waals surface area contributed by atoms with Crippen molar-refractivity contribution in [3.8, 4) is 0 Å². The molecule has 14 heavy (non-hydrogen) atoms. The lowest BCUT2D eigenvalue weighted by atomic mass is 10.2. The molecule has 0 aromatic rings. The molecule has 1 heterocycles. The molecule has 0 unspecified atom stereocenters. The fraction of sp³-hybridized carbons (Fsp3) is 0.900. The molecule has 1 saturated carbocycles. The maximum absolute atomic E-state index is 11.9. The third kappa shape index (κ3) is 1.83. The van der Waals surface area contributed by atoms with E-state index in [-0.39, 0.29) is 6.03 Å². The number of amides is 2. The Balaban J connectivity index is 1.92. The topological polar surface area (TPSA) is 23.6 Å². The third-order valence-corrected chi connectivity index (χ3v) is 3.42. The van der Waals surface area contributed by atoms with Crippen molar-refractivity contribution in [1.29, 1.82) is 0 Å². The summed E-state index contributed by atoms with van der Waals surface area (Å²) >= 11 is 5.64. The molecule has 80 valence electrons. The quantitative estimate of drug-likeness (QED) is 0.662. The van der Waals surface area contributed by atoms with Gasteiger partial charge in [0, 0.05) is 31.6 Å². The van der Waals surface area contributed by atoms with Gasteiger partial charge in [0.25, 0.3) is 0 Å². The summed E-state index contributed by atoms with van der Waals surface area (Å²) in [4.78, 5) is 15.8. The minimum Gasteiger partial charge on any atom is -0.322 e. The van der Waals surface area contributed by atoms with Crippen LogP contribution < -0.4 is 0 Å². The molecule has 0 N–H and O–H groups in total. The van der Waals surface area contributed by atoms with Crippen LogP contribution in [0.3, 0.4) is 0 Å². The molecule has 0 atom stereocenters. The Morgan fingerprint density at radius 2 is 2.00 bits per heavy atom. The molecule has 2 rings (SSSR count). The Kier molecular flexibility index (Phi) is 3.16. The van der Waals surface area contributed by atoms with Crippen LogP contribution in [-0.2, 0) is 0 Å². The van der Waals surface area contributed by atoms with Crippen LogP contribution in [0.25, 0.3) is 0 Å². The molecular weight excluding hydrogens is 200 g/mol. The predicted octanol–water partition coefficient (Wildman–Crippen LogP) is 1.91. The molecule has 4 heteroatoms. The highest BCUT2D eigenvalue weighted by atomic mass is 35.5. The number of rotatable bonds is 3. The zero-order valence-electron chi connectivity index (χ0n) is 8.41. The van der Waals surface area contributed by atoms with Gasteiger partial charge in [-0.05, 0) is 12.8 Å². The van der Waals surface area contributed by atoms with Crippen molar-refractivity contribution in [2.75, 3.05) is 25.5 Å². The van der Waals surface area contributed by atoms with Gasteiger partial charge in [-0.1, -0.05) is 12.8 Å². The van der Waals surface area contributed by atoms with Crippen molar-refractivity contribution >= 4 is 17.6 Å². The monoisotopic (exact) mass is 216 g/mol. The van der Waals surface area contributed by atoms with E-state index in [9.17, 15) is 4.79 Å². The summed E-state index contributed by atoms with van der Waals surface area (Å²) < 4.78 is 0. The Labute approximate surface area is 90.0 Å². The van der Waals surface area contributed by atoms with Gasteiger partial charge in [0.2, 0.25) is 0 Å². The smallest absolute Gasteiger partial charge is 0.320 e. The van der Waals surface area contributed by atoms with Gasteiger partial charge >= 0.3 is 6.03 Å². The zero-order chi connectivity index (χ0) is 9.97. The van der Waals surface area contributed by atoms with E-state index in [0.717, 1.165) is 13.1 Å².